The number of carbonyl (C=O) groups is 1. The van der Waals surface area contributed by atoms with Gasteiger partial charge in [-0.15, -0.1) is 0 Å². The van der Waals surface area contributed by atoms with Gasteiger partial charge in [0.2, 0.25) is 5.91 Å². The van der Waals surface area contributed by atoms with Crippen molar-refractivity contribution in [1.82, 2.24) is 14.8 Å². The first-order chi connectivity index (χ1) is 14.8. The zero-order valence-electron chi connectivity index (χ0n) is 17.9. The van der Waals surface area contributed by atoms with Gasteiger partial charge in [0, 0.05) is 39.0 Å². The lowest BCUT2D eigenvalue weighted by molar-refractivity contribution is -0.137. The summed E-state index contributed by atoms with van der Waals surface area (Å²) in [5, 5.41) is 0. The van der Waals surface area contributed by atoms with Crippen LogP contribution < -0.4 is 0 Å². The molecule has 1 fully saturated rings. The molecule has 0 bridgehead atoms. The number of benzene rings is 1. The Morgan fingerprint density at radius 1 is 1.10 bits per heavy atom. The molecule has 0 spiro atoms. The summed E-state index contributed by atoms with van der Waals surface area (Å²) in [4.78, 5) is 20.6. The number of rotatable bonds is 8. The van der Waals surface area contributed by atoms with Crippen LogP contribution in [0.15, 0.2) is 48.8 Å². The van der Waals surface area contributed by atoms with Gasteiger partial charge in [-0.05, 0) is 74.0 Å². The summed E-state index contributed by atoms with van der Waals surface area (Å²) in [7, 11) is 1.87. The van der Waals surface area contributed by atoms with Crippen LogP contribution >= 0.6 is 0 Å². The van der Waals surface area contributed by atoms with Crippen molar-refractivity contribution in [1.29, 1.82) is 0 Å². The third-order valence-electron chi connectivity index (χ3n) is 6.01. The van der Waals surface area contributed by atoms with Gasteiger partial charge in [0.1, 0.15) is 0 Å². The molecule has 1 aromatic heterocycles. The second kappa shape index (κ2) is 10.8. The van der Waals surface area contributed by atoms with Crippen molar-refractivity contribution in [3.05, 3.63) is 65.5 Å². The molecule has 0 aliphatic carbocycles. The Labute approximate surface area is 182 Å². The minimum atomic E-state index is -4.30. The third-order valence-corrected chi connectivity index (χ3v) is 6.01. The summed E-state index contributed by atoms with van der Waals surface area (Å²) in [5.41, 5.74) is 1.25. The van der Waals surface area contributed by atoms with Gasteiger partial charge in [-0.2, -0.15) is 13.2 Å². The number of aryl methyl sites for hydroxylation is 1. The Hall–Kier alpha value is -2.41. The van der Waals surface area contributed by atoms with Crippen LogP contribution in [0.1, 0.15) is 36.0 Å². The number of likely N-dealkylation sites (tertiary alicyclic amines) is 1. The number of hydrogen-bond acceptors (Lipinski definition) is 3. The maximum atomic E-state index is 12.9. The van der Waals surface area contributed by atoms with Crippen molar-refractivity contribution in [2.75, 3.05) is 33.2 Å². The fraction of sp³-hybridized carbons (Fsp3) is 0.500. The van der Waals surface area contributed by atoms with E-state index in [4.69, 9.17) is 0 Å². The largest absolute Gasteiger partial charge is 0.416 e. The molecule has 1 amide bonds. The van der Waals surface area contributed by atoms with E-state index in [9.17, 15) is 18.0 Å². The van der Waals surface area contributed by atoms with Crippen LogP contribution in [-0.4, -0.2) is 53.9 Å². The fourth-order valence-electron chi connectivity index (χ4n) is 4.06. The van der Waals surface area contributed by atoms with Gasteiger partial charge in [0.15, 0.2) is 0 Å². The summed E-state index contributed by atoms with van der Waals surface area (Å²) in [6.07, 6.45) is 3.03. The molecule has 1 aromatic carbocycles. The molecule has 7 heteroatoms. The zero-order chi connectivity index (χ0) is 22.3. The summed E-state index contributed by atoms with van der Waals surface area (Å²) < 4.78 is 38.6. The number of pyridine rings is 1. The molecule has 1 saturated heterocycles. The molecule has 0 radical (unpaired) electrons. The molecule has 0 N–H and O–H groups in total. The van der Waals surface area contributed by atoms with Gasteiger partial charge in [-0.25, -0.2) is 0 Å². The van der Waals surface area contributed by atoms with Crippen molar-refractivity contribution in [2.24, 2.45) is 5.92 Å². The molecule has 3 rings (SSSR count). The Balaban J connectivity index is 1.37. The van der Waals surface area contributed by atoms with Crippen molar-refractivity contribution in [3.63, 3.8) is 0 Å². The quantitative estimate of drug-likeness (QED) is 0.617. The highest BCUT2D eigenvalue weighted by Crippen LogP contribution is 2.29. The van der Waals surface area contributed by atoms with Gasteiger partial charge in [-0.1, -0.05) is 18.2 Å². The maximum absolute atomic E-state index is 12.9. The van der Waals surface area contributed by atoms with E-state index < -0.39 is 11.7 Å². The van der Waals surface area contributed by atoms with E-state index in [1.807, 2.05) is 24.1 Å². The maximum Gasteiger partial charge on any atom is 0.416 e. The van der Waals surface area contributed by atoms with Crippen LogP contribution in [0.3, 0.4) is 0 Å². The first kappa shape index (κ1) is 23.3. The molecule has 31 heavy (non-hydrogen) atoms. The van der Waals surface area contributed by atoms with E-state index in [1.165, 1.54) is 12.1 Å². The molecular weight excluding hydrogens is 403 g/mol. The number of halogens is 3. The van der Waals surface area contributed by atoms with Crippen molar-refractivity contribution in [3.8, 4) is 0 Å². The molecule has 1 aliphatic rings. The number of aromatic nitrogens is 1. The predicted octanol–water partition coefficient (Wildman–Crippen LogP) is 4.45. The lowest BCUT2D eigenvalue weighted by atomic mass is 9.95. The zero-order valence-corrected chi connectivity index (χ0v) is 17.9. The Kier molecular flexibility index (Phi) is 8.07. The summed E-state index contributed by atoms with van der Waals surface area (Å²) in [5.74, 6) is 0.628. The third kappa shape index (κ3) is 7.35. The van der Waals surface area contributed by atoms with E-state index in [1.54, 1.807) is 18.5 Å². The lowest BCUT2D eigenvalue weighted by Crippen LogP contribution is -2.40. The van der Waals surface area contributed by atoms with Gasteiger partial charge >= 0.3 is 6.18 Å². The number of piperidine rings is 1. The van der Waals surface area contributed by atoms with Crippen LogP contribution in [0.2, 0.25) is 0 Å². The van der Waals surface area contributed by atoms with E-state index >= 15 is 0 Å². The Morgan fingerprint density at radius 2 is 1.81 bits per heavy atom. The molecule has 2 heterocycles. The van der Waals surface area contributed by atoms with Crippen molar-refractivity contribution < 1.29 is 18.0 Å². The van der Waals surface area contributed by atoms with Crippen LogP contribution in [0.25, 0.3) is 0 Å². The van der Waals surface area contributed by atoms with E-state index in [2.05, 4.69) is 9.88 Å². The van der Waals surface area contributed by atoms with Gasteiger partial charge in [-0.3, -0.25) is 9.78 Å². The SMILES string of the molecule is CN(CC1CCN(CCc2cccc(C(F)(F)F)c2)CC1)C(=O)CCc1ccncc1. The number of alkyl halides is 3. The van der Waals surface area contributed by atoms with Crippen LogP contribution in [0.5, 0.6) is 0 Å². The Bertz CT molecular complexity index is 833. The molecule has 0 unspecified atom stereocenters. The summed E-state index contributed by atoms with van der Waals surface area (Å²) in [6, 6.07) is 9.47. The second-order valence-electron chi connectivity index (χ2n) is 8.36. The Morgan fingerprint density at radius 3 is 2.48 bits per heavy atom. The van der Waals surface area contributed by atoms with Crippen LogP contribution in [0, 0.1) is 5.92 Å². The van der Waals surface area contributed by atoms with Crippen molar-refractivity contribution in [2.45, 2.75) is 38.3 Å². The van der Waals surface area contributed by atoms with Crippen LogP contribution in [-0.2, 0) is 23.8 Å². The molecule has 1 aliphatic heterocycles. The first-order valence-corrected chi connectivity index (χ1v) is 10.8. The number of hydrogen-bond donors (Lipinski definition) is 0. The average molecular weight is 434 g/mol. The molecule has 2 aromatic rings. The lowest BCUT2D eigenvalue weighted by Gasteiger charge is -2.34. The number of amides is 1. The summed E-state index contributed by atoms with van der Waals surface area (Å²) in [6.45, 7) is 3.36. The minimum Gasteiger partial charge on any atom is -0.345 e. The van der Waals surface area contributed by atoms with Crippen molar-refractivity contribution >= 4 is 5.91 Å². The molecule has 168 valence electrons. The second-order valence-corrected chi connectivity index (χ2v) is 8.36. The monoisotopic (exact) mass is 433 g/mol. The smallest absolute Gasteiger partial charge is 0.345 e. The highest BCUT2D eigenvalue weighted by Gasteiger charge is 2.30. The van der Waals surface area contributed by atoms with Gasteiger partial charge in [0.05, 0.1) is 5.56 Å². The standard InChI is InChI=1S/C24H30F3N3O/c1-29(23(31)6-5-19-7-12-28-13-8-19)18-21-10-15-30(16-11-21)14-9-20-3-2-4-22(17-20)24(25,26)27/h2-4,7-8,12-13,17,21H,5-6,9-11,14-16,18H2,1H3. The van der Waals surface area contributed by atoms with Gasteiger partial charge in [0.25, 0.3) is 0 Å². The highest BCUT2D eigenvalue weighted by atomic mass is 19.4. The van der Waals surface area contributed by atoms with E-state index in [0.29, 0.717) is 18.8 Å². The molecule has 0 atom stereocenters. The fourth-order valence-corrected chi connectivity index (χ4v) is 4.06. The van der Waals surface area contributed by atoms with Crippen LogP contribution in [0.4, 0.5) is 13.2 Å². The molecular formula is C24H30F3N3O. The molecule has 4 nitrogen and oxygen atoms in total. The minimum absolute atomic E-state index is 0.156. The number of nitrogens with zero attached hydrogens (tertiary/aromatic N) is 3. The predicted molar refractivity (Wildman–Crippen MR) is 115 cm³/mol. The number of carbonyl (C=O) groups excluding carboxylic acids is 1. The molecule has 0 saturated carbocycles. The topological polar surface area (TPSA) is 36.4 Å². The van der Waals surface area contributed by atoms with E-state index in [0.717, 1.165) is 62.6 Å². The average Bonchev–Trinajstić information content (AvgIpc) is 2.77. The van der Waals surface area contributed by atoms with Gasteiger partial charge < -0.3 is 9.80 Å². The highest BCUT2D eigenvalue weighted by molar-refractivity contribution is 5.76. The summed E-state index contributed by atoms with van der Waals surface area (Å²) >= 11 is 0. The normalized spacial score (nSPS) is 15.7. The first-order valence-electron chi connectivity index (χ1n) is 10.8. The van der Waals surface area contributed by atoms with E-state index in [-0.39, 0.29) is 5.91 Å².